The van der Waals surface area contributed by atoms with Crippen LogP contribution < -0.4 is 11.1 Å². The van der Waals surface area contributed by atoms with Crippen LogP contribution in [0.2, 0.25) is 0 Å². The number of hydrogen-bond acceptors (Lipinski definition) is 2. The molecule has 17 heavy (non-hydrogen) atoms. The first-order valence-electron chi connectivity index (χ1n) is 6.39. The van der Waals surface area contributed by atoms with Crippen molar-refractivity contribution in [1.82, 2.24) is 5.32 Å². The highest BCUT2D eigenvalue weighted by Gasteiger charge is 2.27. The van der Waals surface area contributed by atoms with Crippen LogP contribution in [0.25, 0.3) is 0 Å². The van der Waals surface area contributed by atoms with Crippen molar-refractivity contribution in [3.63, 3.8) is 0 Å². The summed E-state index contributed by atoms with van der Waals surface area (Å²) in [4.78, 5) is 0. The SMILES string of the molecule is CC(CNC(CN)c1ccc(F)cc1)C1CC1. The van der Waals surface area contributed by atoms with E-state index in [-0.39, 0.29) is 11.9 Å². The molecule has 2 atom stereocenters. The highest BCUT2D eigenvalue weighted by Crippen LogP contribution is 2.36. The molecule has 1 aliphatic carbocycles. The summed E-state index contributed by atoms with van der Waals surface area (Å²) in [6, 6.07) is 6.73. The molecule has 1 aromatic carbocycles. The predicted octanol–water partition coefficient (Wildman–Crippen LogP) is 2.46. The Balaban J connectivity index is 1.88. The molecular weight excluding hydrogens is 215 g/mol. The van der Waals surface area contributed by atoms with Crippen molar-refractivity contribution in [2.45, 2.75) is 25.8 Å². The summed E-state index contributed by atoms with van der Waals surface area (Å²) in [6.07, 6.45) is 2.74. The fourth-order valence-electron chi connectivity index (χ4n) is 2.19. The minimum atomic E-state index is -0.198. The van der Waals surface area contributed by atoms with Crippen LogP contribution in [-0.4, -0.2) is 13.1 Å². The van der Waals surface area contributed by atoms with Crippen LogP contribution in [0.3, 0.4) is 0 Å². The highest BCUT2D eigenvalue weighted by atomic mass is 19.1. The van der Waals surface area contributed by atoms with E-state index in [4.69, 9.17) is 5.73 Å². The lowest BCUT2D eigenvalue weighted by Gasteiger charge is -2.20. The van der Waals surface area contributed by atoms with Crippen LogP contribution in [-0.2, 0) is 0 Å². The van der Waals surface area contributed by atoms with Crippen LogP contribution in [0.5, 0.6) is 0 Å². The fraction of sp³-hybridized carbons (Fsp3) is 0.571. The number of rotatable bonds is 6. The zero-order valence-corrected chi connectivity index (χ0v) is 10.3. The zero-order valence-electron chi connectivity index (χ0n) is 10.3. The van der Waals surface area contributed by atoms with Crippen LogP contribution in [0.1, 0.15) is 31.4 Å². The van der Waals surface area contributed by atoms with Crippen molar-refractivity contribution in [3.05, 3.63) is 35.6 Å². The minimum absolute atomic E-state index is 0.136. The Hall–Kier alpha value is -0.930. The lowest BCUT2D eigenvalue weighted by molar-refractivity contribution is 0.422. The third-order valence-electron chi connectivity index (χ3n) is 3.62. The molecule has 2 unspecified atom stereocenters. The summed E-state index contributed by atoms with van der Waals surface area (Å²) in [7, 11) is 0. The maximum Gasteiger partial charge on any atom is 0.123 e. The van der Waals surface area contributed by atoms with Gasteiger partial charge in [0.05, 0.1) is 0 Å². The summed E-state index contributed by atoms with van der Waals surface area (Å²) in [5.74, 6) is 1.41. The van der Waals surface area contributed by atoms with Crippen LogP contribution in [0.4, 0.5) is 4.39 Å². The average Bonchev–Trinajstić information content (AvgIpc) is 3.16. The normalized spacial score (nSPS) is 19.0. The number of benzene rings is 1. The molecule has 0 heterocycles. The third-order valence-corrected chi connectivity index (χ3v) is 3.62. The molecule has 2 rings (SSSR count). The topological polar surface area (TPSA) is 38.0 Å². The molecule has 0 saturated heterocycles. The molecule has 1 aliphatic rings. The molecule has 2 nitrogen and oxygen atoms in total. The number of nitrogens with two attached hydrogens (primary N) is 1. The quantitative estimate of drug-likeness (QED) is 0.796. The van der Waals surface area contributed by atoms with Gasteiger partial charge >= 0.3 is 0 Å². The minimum Gasteiger partial charge on any atom is -0.329 e. The number of hydrogen-bond donors (Lipinski definition) is 2. The molecule has 0 spiro atoms. The van der Waals surface area contributed by atoms with Crippen molar-refractivity contribution in [2.24, 2.45) is 17.6 Å². The molecule has 1 saturated carbocycles. The molecule has 0 bridgehead atoms. The van der Waals surface area contributed by atoms with Gasteiger partial charge in [0.25, 0.3) is 0 Å². The zero-order chi connectivity index (χ0) is 12.3. The Morgan fingerprint density at radius 2 is 2.00 bits per heavy atom. The second-order valence-corrected chi connectivity index (χ2v) is 5.06. The van der Waals surface area contributed by atoms with Crippen molar-refractivity contribution < 1.29 is 4.39 Å². The van der Waals surface area contributed by atoms with Crippen molar-refractivity contribution in [2.75, 3.05) is 13.1 Å². The molecule has 3 heteroatoms. The van der Waals surface area contributed by atoms with Gasteiger partial charge in [-0.2, -0.15) is 0 Å². The van der Waals surface area contributed by atoms with E-state index in [0.717, 1.165) is 18.0 Å². The highest BCUT2D eigenvalue weighted by molar-refractivity contribution is 5.20. The van der Waals surface area contributed by atoms with E-state index >= 15 is 0 Å². The molecule has 0 aliphatic heterocycles. The Morgan fingerprint density at radius 3 is 2.53 bits per heavy atom. The Labute approximate surface area is 102 Å². The van der Waals surface area contributed by atoms with E-state index < -0.39 is 0 Å². The van der Waals surface area contributed by atoms with Crippen molar-refractivity contribution in [3.8, 4) is 0 Å². The average molecular weight is 236 g/mol. The van der Waals surface area contributed by atoms with Crippen molar-refractivity contribution in [1.29, 1.82) is 0 Å². The lowest BCUT2D eigenvalue weighted by atomic mass is 10.0. The molecular formula is C14H21FN2. The molecule has 1 fully saturated rings. The predicted molar refractivity (Wildman–Crippen MR) is 68.1 cm³/mol. The molecule has 0 radical (unpaired) electrons. The number of halogens is 1. The first-order valence-corrected chi connectivity index (χ1v) is 6.39. The van der Waals surface area contributed by atoms with Gasteiger partial charge in [-0.25, -0.2) is 4.39 Å². The summed E-state index contributed by atoms with van der Waals surface area (Å²) in [6.45, 7) is 3.82. The summed E-state index contributed by atoms with van der Waals surface area (Å²) in [5, 5.41) is 3.48. The maximum atomic E-state index is 12.8. The van der Waals surface area contributed by atoms with Crippen LogP contribution in [0, 0.1) is 17.7 Å². The molecule has 1 aromatic rings. The smallest absolute Gasteiger partial charge is 0.123 e. The van der Waals surface area contributed by atoms with Gasteiger partial charge in [0.2, 0.25) is 0 Å². The summed E-state index contributed by atoms with van der Waals surface area (Å²) in [5.41, 5.74) is 6.83. The van der Waals surface area contributed by atoms with Gasteiger partial charge in [0.15, 0.2) is 0 Å². The second-order valence-electron chi connectivity index (χ2n) is 5.06. The van der Waals surface area contributed by atoms with Crippen LogP contribution in [0.15, 0.2) is 24.3 Å². The van der Waals surface area contributed by atoms with E-state index in [1.807, 2.05) is 12.1 Å². The summed E-state index contributed by atoms with van der Waals surface area (Å²) >= 11 is 0. The Morgan fingerprint density at radius 1 is 1.35 bits per heavy atom. The summed E-state index contributed by atoms with van der Waals surface area (Å²) < 4.78 is 12.8. The molecule has 0 amide bonds. The van der Waals surface area contributed by atoms with Gasteiger partial charge in [0, 0.05) is 12.6 Å². The fourth-order valence-corrected chi connectivity index (χ4v) is 2.19. The lowest BCUT2D eigenvalue weighted by Crippen LogP contribution is -2.32. The molecule has 94 valence electrons. The van der Waals surface area contributed by atoms with Gasteiger partial charge in [-0.1, -0.05) is 19.1 Å². The first-order chi connectivity index (χ1) is 8.20. The maximum absolute atomic E-state index is 12.8. The van der Waals surface area contributed by atoms with Gasteiger partial charge in [-0.05, 0) is 48.9 Å². The third kappa shape index (κ3) is 3.51. The number of nitrogens with one attached hydrogen (secondary N) is 1. The van der Waals surface area contributed by atoms with Crippen LogP contribution >= 0.6 is 0 Å². The second kappa shape index (κ2) is 5.61. The largest absolute Gasteiger partial charge is 0.329 e. The van der Waals surface area contributed by atoms with Gasteiger partial charge in [-0.3, -0.25) is 0 Å². The Bertz CT molecular complexity index is 346. The van der Waals surface area contributed by atoms with Gasteiger partial charge in [0.1, 0.15) is 5.82 Å². The molecule has 0 aromatic heterocycles. The van der Waals surface area contributed by atoms with E-state index in [1.54, 1.807) is 0 Å². The Kier molecular flexibility index (Phi) is 4.13. The van der Waals surface area contributed by atoms with E-state index in [2.05, 4.69) is 12.2 Å². The first kappa shape index (κ1) is 12.5. The van der Waals surface area contributed by atoms with Gasteiger partial charge < -0.3 is 11.1 Å². The van der Waals surface area contributed by atoms with E-state index in [0.29, 0.717) is 12.5 Å². The van der Waals surface area contributed by atoms with Crippen molar-refractivity contribution >= 4 is 0 Å². The van der Waals surface area contributed by atoms with E-state index in [1.165, 1.54) is 25.0 Å². The van der Waals surface area contributed by atoms with Gasteiger partial charge in [-0.15, -0.1) is 0 Å². The molecule has 3 N–H and O–H groups in total. The standard InChI is InChI=1S/C14H21FN2/c1-10(11-2-3-11)9-17-14(8-16)12-4-6-13(15)7-5-12/h4-7,10-11,14,17H,2-3,8-9,16H2,1H3. The van der Waals surface area contributed by atoms with E-state index in [9.17, 15) is 4.39 Å². The monoisotopic (exact) mass is 236 g/mol.